The van der Waals surface area contributed by atoms with Crippen LogP contribution in [-0.2, 0) is 19.7 Å². The van der Waals surface area contributed by atoms with E-state index < -0.39 is 43.5 Å². The van der Waals surface area contributed by atoms with Crippen LogP contribution in [-0.4, -0.2) is 45.4 Å². The fraction of sp³-hybridized carbons (Fsp3) is 0.0800. The minimum absolute atomic E-state index is 0.113. The van der Waals surface area contributed by atoms with Gasteiger partial charge in [-0.05, 0) is 54.1 Å². The third-order valence-corrected chi connectivity index (χ3v) is 6.74. The number of hydrogen-bond donors (Lipinski definition) is 1. The summed E-state index contributed by atoms with van der Waals surface area (Å²) in [4.78, 5) is 48.5. The largest absolute Gasteiger partial charge is 0.497 e. The number of carbonyl (C=O) groups excluding carboxylic acids is 3. The summed E-state index contributed by atoms with van der Waals surface area (Å²) < 4.78 is 41.0. The van der Waals surface area contributed by atoms with Crippen LogP contribution in [0.2, 0.25) is 0 Å². The number of ether oxygens (including phenoxy) is 2. The molecule has 200 valence electrons. The summed E-state index contributed by atoms with van der Waals surface area (Å²) in [5.41, 5.74) is -0.632. The molecule has 39 heavy (non-hydrogen) atoms. The van der Waals surface area contributed by atoms with E-state index >= 15 is 0 Å². The van der Waals surface area contributed by atoms with Crippen molar-refractivity contribution in [2.75, 3.05) is 19.1 Å². The molecule has 0 radical (unpaired) electrons. The molecule has 3 aromatic carbocycles. The van der Waals surface area contributed by atoms with E-state index in [1.54, 1.807) is 0 Å². The van der Waals surface area contributed by atoms with E-state index in [4.69, 9.17) is 13.7 Å². The molecule has 1 heterocycles. The highest BCUT2D eigenvalue weighted by atomic mass is 32.2. The number of rotatable bonds is 8. The number of para-hydroxylation sites is 1. The number of methoxy groups -OCH3 is 2. The van der Waals surface area contributed by atoms with Crippen molar-refractivity contribution in [2.24, 2.45) is 0 Å². The SMILES string of the molecule is COc1ccc(N2C(=O)NC(=O)/C(=C/c3ccc(OS(=O)(=O)c4ccccc4[N+](=O)[O-])c(OC)c3)C2=O)cc1. The summed E-state index contributed by atoms with van der Waals surface area (Å²) in [6, 6.07) is 13.6. The molecule has 0 saturated carbocycles. The molecule has 4 rings (SSSR count). The maximum Gasteiger partial charge on any atom is 0.346 e. The predicted molar refractivity (Wildman–Crippen MR) is 136 cm³/mol. The van der Waals surface area contributed by atoms with Gasteiger partial charge in [0.05, 0.1) is 24.8 Å². The standard InChI is InChI=1S/C25H19N3O10S/c1-36-17-10-8-16(9-11-17)27-24(30)18(23(29)26-25(27)31)13-15-7-12-20(21(14-15)37-2)38-39(34,35)22-6-4-3-5-19(22)28(32)33/h3-14H,1-2H3,(H,26,29,31)/b18-13-. The maximum absolute atomic E-state index is 13.1. The van der Waals surface area contributed by atoms with Crippen molar-refractivity contribution in [1.29, 1.82) is 0 Å². The van der Waals surface area contributed by atoms with Crippen LogP contribution in [0.15, 0.2) is 77.2 Å². The molecular weight excluding hydrogens is 534 g/mol. The van der Waals surface area contributed by atoms with Crippen molar-refractivity contribution >= 4 is 45.4 Å². The lowest BCUT2D eigenvalue weighted by atomic mass is 10.1. The fourth-order valence-corrected chi connectivity index (χ4v) is 4.72. The molecule has 13 nitrogen and oxygen atoms in total. The zero-order valence-electron chi connectivity index (χ0n) is 20.3. The molecule has 3 aromatic rings. The number of nitrogens with one attached hydrogen (secondary N) is 1. The topological polar surface area (TPSA) is 171 Å². The van der Waals surface area contributed by atoms with Crippen molar-refractivity contribution in [3.8, 4) is 17.2 Å². The molecule has 0 unspecified atom stereocenters. The van der Waals surface area contributed by atoms with E-state index in [0.29, 0.717) is 5.75 Å². The number of nitro benzene ring substituents is 1. The number of nitrogens with zero attached hydrogens (tertiary/aromatic N) is 2. The van der Waals surface area contributed by atoms with Gasteiger partial charge in [-0.15, -0.1) is 0 Å². The van der Waals surface area contributed by atoms with Crippen LogP contribution in [0.5, 0.6) is 17.2 Å². The molecular formula is C25H19N3O10S. The summed E-state index contributed by atoms with van der Waals surface area (Å²) >= 11 is 0. The van der Waals surface area contributed by atoms with E-state index in [9.17, 15) is 32.9 Å². The lowest BCUT2D eigenvalue weighted by Gasteiger charge is -2.26. The molecule has 1 N–H and O–H groups in total. The van der Waals surface area contributed by atoms with Gasteiger partial charge in [0.2, 0.25) is 0 Å². The van der Waals surface area contributed by atoms with Gasteiger partial charge in [-0.25, -0.2) is 9.69 Å². The number of urea groups is 1. The van der Waals surface area contributed by atoms with Crippen LogP contribution in [0, 0.1) is 10.1 Å². The maximum atomic E-state index is 13.1. The van der Waals surface area contributed by atoms with Gasteiger partial charge in [-0.3, -0.25) is 25.0 Å². The molecule has 1 aliphatic heterocycles. The van der Waals surface area contributed by atoms with Crippen LogP contribution in [0.25, 0.3) is 6.08 Å². The zero-order valence-corrected chi connectivity index (χ0v) is 21.1. The Bertz CT molecular complexity index is 1630. The van der Waals surface area contributed by atoms with Crippen molar-refractivity contribution in [3.63, 3.8) is 0 Å². The van der Waals surface area contributed by atoms with Gasteiger partial charge in [0.1, 0.15) is 11.3 Å². The molecule has 0 bridgehead atoms. The second-order valence-electron chi connectivity index (χ2n) is 7.83. The first kappa shape index (κ1) is 26.8. The average molecular weight is 554 g/mol. The Morgan fingerprint density at radius 3 is 2.26 bits per heavy atom. The van der Waals surface area contributed by atoms with Crippen molar-refractivity contribution < 1.29 is 41.4 Å². The molecule has 14 heteroatoms. The van der Waals surface area contributed by atoms with Crippen LogP contribution < -0.4 is 23.9 Å². The lowest BCUT2D eigenvalue weighted by Crippen LogP contribution is -2.54. The van der Waals surface area contributed by atoms with Gasteiger partial charge >= 0.3 is 16.1 Å². The quantitative estimate of drug-likeness (QED) is 0.144. The fourth-order valence-electron chi connectivity index (χ4n) is 3.62. The number of hydrogen-bond acceptors (Lipinski definition) is 10. The summed E-state index contributed by atoms with van der Waals surface area (Å²) in [5.74, 6) is -1.75. The highest BCUT2D eigenvalue weighted by molar-refractivity contribution is 7.87. The van der Waals surface area contributed by atoms with E-state index in [1.165, 1.54) is 74.9 Å². The van der Waals surface area contributed by atoms with Gasteiger partial charge < -0.3 is 13.7 Å². The van der Waals surface area contributed by atoms with Gasteiger partial charge in [-0.1, -0.05) is 18.2 Å². The molecule has 0 aliphatic carbocycles. The Morgan fingerprint density at radius 2 is 1.62 bits per heavy atom. The Hall–Kier alpha value is -5.24. The van der Waals surface area contributed by atoms with Crippen LogP contribution in [0.1, 0.15) is 5.56 Å². The number of amides is 4. The zero-order chi connectivity index (χ0) is 28.3. The third kappa shape index (κ3) is 5.40. The molecule has 1 aliphatic rings. The smallest absolute Gasteiger partial charge is 0.346 e. The number of benzene rings is 3. The Balaban J connectivity index is 1.66. The van der Waals surface area contributed by atoms with E-state index in [-0.39, 0.29) is 28.3 Å². The Kier molecular flexibility index (Phi) is 7.31. The molecule has 4 amide bonds. The normalized spacial score (nSPS) is 14.7. The second-order valence-corrected chi connectivity index (χ2v) is 9.34. The minimum atomic E-state index is -4.64. The van der Waals surface area contributed by atoms with Gasteiger partial charge in [0, 0.05) is 6.07 Å². The molecule has 0 aromatic heterocycles. The first-order chi connectivity index (χ1) is 18.6. The number of imide groups is 2. The first-order valence-corrected chi connectivity index (χ1v) is 12.4. The molecule has 1 saturated heterocycles. The Labute approximate surface area is 221 Å². The van der Waals surface area contributed by atoms with Crippen molar-refractivity contribution in [2.45, 2.75) is 4.90 Å². The van der Waals surface area contributed by atoms with Gasteiger partial charge in [0.25, 0.3) is 17.5 Å². The van der Waals surface area contributed by atoms with Crippen LogP contribution in [0.4, 0.5) is 16.2 Å². The molecule has 1 fully saturated rings. The first-order valence-electron chi connectivity index (χ1n) is 11.0. The molecule has 0 spiro atoms. The Morgan fingerprint density at radius 1 is 0.923 bits per heavy atom. The van der Waals surface area contributed by atoms with E-state index in [2.05, 4.69) is 5.32 Å². The number of barbiturate groups is 1. The monoisotopic (exact) mass is 553 g/mol. The highest BCUT2D eigenvalue weighted by Gasteiger charge is 2.37. The summed E-state index contributed by atoms with van der Waals surface area (Å²) in [6.07, 6.45) is 1.18. The van der Waals surface area contributed by atoms with Crippen LogP contribution >= 0.6 is 0 Å². The van der Waals surface area contributed by atoms with Crippen molar-refractivity contribution in [3.05, 3.63) is 88.0 Å². The van der Waals surface area contributed by atoms with Crippen molar-refractivity contribution in [1.82, 2.24) is 5.32 Å². The average Bonchev–Trinajstić information content (AvgIpc) is 2.91. The summed E-state index contributed by atoms with van der Waals surface area (Å²) in [7, 11) is -1.96. The highest BCUT2D eigenvalue weighted by Crippen LogP contribution is 2.34. The predicted octanol–water partition coefficient (Wildman–Crippen LogP) is 3.05. The summed E-state index contributed by atoms with van der Waals surface area (Å²) in [6.45, 7) is 0. The number of anilines is 1. The van der Waals surface area contributed by atoms with E-state index in [0.717, 1.165) is 17.0 Å². The lowest BCUT2D eigenvalue weighted by molar-refractivity contribution is -0.387. The number of carbonyl (C=O) groups is 3. The van der Waals surface area contributed by atoms with Crippen LogP contribution in [0.3, 0.4) is 0 Å². The molecule has 0 atom stereocenters. The number of nitro groups is 1. The third-order valence-electron chi connectivity index (χ3n) is 5.46. The summed E-state index contributed by atoms with van der Waals surface area (Å²) in [5, 5.41) is 13.4. The van der Waals surface area contributed by atoms with Gasteiger partial charge in [-0.2, -0.15) is 8.42 Å². The van der Waals surface area contributed by atoms with Gasteiger partial charge in [0.15, 0.2) is 16.4 Å². The minimum Gasteiger partial charge on any atom is -0.497 e. The van der Waals surface area contributed by atoms with E-state index in [1.807, 2.05) is 0 Å². The second kappa shape index (κ2) is 10.6.